The van der Waals surface area contributed by atoms with Gasteiger partial charge in [0.25, 0.3) is 0 Å². The Bertz CT molecular complexity index is 813. The molecule has 1 aromatic heterocycles. The molecule has 0 aliphatic carbocycles. The van der Waals surface area contributed by atoms with Crippen LogP contribution in [0.25, 0.3) is 6.08 Å². The predicted octanol–water partition coefficient (Wildman–Crippen LogP) is 3.98. The zero-order chi connectivity index (χ0) is 20.0. The third-order valence-electron chi connectivity index (χ3n) is 5.71. The number of aromatic nitrogens is 2. The second-order valence-corrected chi connectivity index (χ2v) is 7.71. The third-order valence-corrected chi connectivity index (χ3v) is 5.71. The van der Waals surface area contributed by atoms with Crippen LogP contribution in [0.1, 0.15) is 43.0 Å². The number of allylic oxidation sites excluding steroid dienone is 1. The van der Waals surface area contributed by atoms with E-state index in [2.05, 4.69) is 41.2 Å². The summed E-state index contributed by atoms with van der Waals surface area (Å²) < 4.78 is 7.40. The second kappa shape index (κ2) is 9.20. The van der Waals surface area contributed by atoms with Crippen molar-refractivity contribution in [1.29, 1.82) is 0 Å². The first-order valence-electron chi connectivity index (χ1n) is 10.1. The van der Waals surface area contributed by atoms with Crippen LogP contribution in [-0.4, -0.2) is 40.3 Å². The summed E-state index contributed by atoms with van der Waals surface area (Å²) in [5.74, 6) is -0.0691. The van der Waals surface area contributed by atoms with Crippen molar-refractivity contribution >= 4 is 12.0 Å². The Balaban J connectivity index is 1.75. The highest BCUT2D eigenvalue weighted by Crippen LogP contribution is 2.36. The molecule has 2 heterocycles. The quantitative estimate of drug-likeness (QED) is 0.681. The minimum absolute atomic E-state index is 0.0691. The number of aryl methyl sites for hydroxylation is 1. The van der Waals surface area contributed by atoms with Crippen LogP contribution in [-0.2, 0) is 23.1 Å². The van der Waals surface area contributed by atoms with Gasteiger partial charge < -0.3 is 4.74 Å². The van der Waals surface area contributed by atoms with Crippen molar-refractivity contribution in [3.63, 3.8) is 0 Å². The molecular formula is C23H31N3O2. The van der Waals surface area contributed by atoms with Gasteiger partial charge >= 0.3 is 5.97 Å². The van der Waals surface area contributed by atoms with E-state index in [0.717, 1.165) is 38.0 Å². The van der Waals surface area contributed by atoms with Gasteiger partial charge in [-0.25, -0.2) is 0 Å². The Morgan fingerprint density at radius 1 is 1.32 bits per heavy atom. The minimum atomic E-state index is -0.477. The minimum Gasteiger partial charge on any atom is -0.466 e. The van der Waals surface area contributed by atoms with Gasteiger partial charge in [-0.3, -0.25) is 14.4 Å². The molecule has 5 heteroatoms. The van der Waals surface area contributed by atoms with Crippen LogP contribution < -0.4 is 0 Å². The van der Waals surface area contributed by atoms with Gasteiger partial charge in [0.1, 0.15) is 0 Å². The number of ether oxygens (including phenoxy) is 1. The molecule has 0 spiro atoms. The number of hydrogen-bond acceptors (Lipinski definition) is 4. The number of hydrogen-bond donors (Lipinski definition) is 0. The fraction of sp³-hybridized carbons (Fsp3) is 0.478. The lowest BCUT2D eigenvalue weighted by Crippen LogP contribution is -2.48. The van der Waals surface area contributed by atoms with Crippen molar-refractivity contribution in [1.82, 2.24) is 14.7 Å². The Hall–Kier alpha value is -2.40. The number of benzene rings is 1. The van der Waals surface area contributed by atoms with Gasteiger partial charge in [0.2, 0.25) is 0 Å². The van der Waals surface area contributed by atoms with E-state index in [-0.39, 0.29) is 5.97 Å². The van der Waals surface area contributed by atoms with E-state index in [4.69, 9.17) is 4.74 Å². The number of rotatable bonds is 7. The van der Waals surface area contributed by atoms with E-state index >= 15 is 0 Å². The molecule has 150 valence electrons. The van der Waals surface area contributed by atoms with E-state index < -0.39 is 5.41 Å². The maximum atomic E-state index is 12.9. The number of nitrogens with zero attached hydrogens (tertiary/aromatic N) is 3. The second-order valence-electron chi connectivity index (χ2n) is 7.71. The summed E-state index contributed by atoms with van der Waals surface area (Å²) in [7, 11) is 1.96. The molecule has 1 aromatic carbocycles. The maximum absolute atomic E-state index is 12.9. The van der Waals surface area contributed by atoms with Crippen molar-refractivity contribution in [2.24, 2.45) is 12.5 Å². The highest BCUT2D eigenvalue weighted by Gasteiger charge is 2.42. The van der Waals surface area contributed by atoms with Gasteiger partial charge in [-0.2, -0.15) is 5.10 Å². The molecule has 0 bridgehead atoms. The first kappa shape index (κ1) is 20.3. The van der Waals surface area contributed by atoms with E-state index in [9.17, 15) is 4.79 Å². The Morgan fingerprint density at radius 3 is 2.79 bits per heavy atom. The zero-order valence-corrected chi connectivity index (χ0v) is 17.2. The lowest BCUT2D eigenvalue weighted by Gasteiger charge is -2.40. The van der Waals surface area contributed by atoms with E-state index in [1.165, 1.54) is 11.3 Å². The van der Waals surface area contributed by atoms with Crippen LogP contribution >= 0.6 is 0 Å². The topological polar surface area (TPSA) is 47.4 Å². The van der Waals surface area contributed by atoms with Crippen LogP contribution in [0.15, 0.2) is 42.6 Å². The summed E-state index contributed by atoms with van der Waals surface area (Å²) in [6.45, 7) is 6.93. The van der Waals surface area contributed by atoms with Gasteiger partial charge in [-0.1, -0.05) is 42.5 Å². The number of piperidine rings is 1. The van der Waals surface area contributed by atoms with E-state index in [1.807, 2.05) is 43.0 Å². The molecule has 5 nitrogen and oxygen atoms in total. The standard InChI is InChI=1S/C23H31N3O2/c1-4-28-22(27)23(13-8-12-20-10-6-5-7-11-20)14-9-15-26(18-23)17-21-16-24-25(3)19(21)2/h5-8,10-12,16H,4,9,13-15,17-18H2,1-3H3/b12-8+/t23-/m0/s1. The third kappa shape index (κ3) is 4.71. The molecule has 1 fully saturated rings. The average Bonchev–Trinajstić information content (AvgIpc) is 3.01. The molecular weight excluding hydrogens is 350 g/mol. The van der Waals surface area contributed by atoms with Gasteiger partial charge in [0, 0.05) is 31.4 Å². The summed E-state index contributed by atoms with van der Waals surface area (Å²) in [4.78, 5) is 15.3. The van der Waals surface area contributed by atoms with Crippen LogP contribution in [0.2, 0.25) is 0 Å². The fourth-order valence-electron chi connectivity index (χ4n) is 3.99. The summed E-state index contributed by atoms with van der Waals surface area (Å²) in [5, 5.41) is 4.35. The lowest BCUT2D eigenvalue weighted by molar-refractivity contribution is -0.159. The maximum Gasteiger partial charge on any atom is 0.313 e. The highest BCUT2D eigenvalue weighted by molar-refractivity contribution is 5.77. The first-order chi connectivity index (χ1) is 13.5. The van der Waals surface area contributed by atoms with Gasteiger partial charge in [0.15, 0.2) is 0 Å². The smallest absolute Gasteiger partial charge is 0.313 e. The highest BCUT2D eigenvalue weighted by atomic mass is 16.5. The monoisotopic (exact) mass is 381 g/mol. The molecule has 1 aliphatic rings. The number of likely N-dealkylation sites (tertiary alicyclic amines) is 1. The van der Waals surface area contributed by atoms with Gasteiger partial charge in [0.05, 0.1) is 18.2 Å². The SMILES string of the molecule is CCOC(=O)[C@@]1(C/C=C/c2ccccc2)CCCN(Cc2cnn(C)c2C)C1. The van der Waals surface area contributed by atoms with Crippen LogP contribution in [0, 0.1) is 12.3 Å². The molecule has 3 rings (SSSR count). The van der Waals surface area contributed by atoms with Crippen LogP contribution in [0.3, 0.4) is 0 Å². The predicted molar refractivity (Wildman–Crippen MR) is 112 cm³/mol. The molecule has 0 amide bonds. The Morgan fingerprint density at radius 2 is 2.11 bits per heavy atom. The van der Waals surface area contributed by atoms with Crippen molar-refractivity contribution in [3.05, 3.63) is 59.4 Å². The molecule has 2 aromatic rings. The molecule has 1 aliphatic heterocycles. The van der Waals surface area contributed by atoms with Crippen LogP contribution in [0.4, 0.5) is 0 Å². The molecule has 0 saturated carbocycles. The van der Waals surface area contributed by atoms with Crippen molar-refractivity contribution in [2.45, 2.75) is 39.7 Å². The lowest BCUT2D eigenvalue weighted by atomic mass is 9.76. The number of carbonyl (C=O) groups excluding carboxylic acids is 1. The average molecular weight is 382 g/mol. The summed E-state index contributed by atoms with van der Waals surface area (Å²) in [5.41, 5.74) is 3.08. The van der Waals surface area contributed by atoms with Crippen LogP contribution in [0.5, 0.6) is 0 Å². The van der Waals surface area contributed by atoms with E-state index in [1.54, 1.807) is 0 Å². The zero-order valence-electron chi connectivity index (χ0n) is 17.2. The number of esters is 1. The Kier molecular flexibility index (Phi) is 6.68. The van der Waals surface area contributed by atoms with Crippen molar-refractivity contribution < 1.29 is 9.53 Å². The largest absolute Gasteiger partial charge is 0.466 e. The molecule has 28 heavy (non-hydrogen) atoms. The summed E-state index contributed by atoms with van der Waals surface area (Å²) in [6.07, 6.45) is 8.73. The normalized spacial score (nSPS) is 20.5. The molecule has 1 atom stereocenters. The number of carbonyl (C=O) groups is 1. The summed E-state index contributed by atoms with van der Waals surface area (Å²) in [6, 6.07) is 10.2. The van der Waals surface area contributed by atoms with Crippen molar-refractivity contribution in [3.8, 4) is 0 Å². The summed E-state index contributed by atoms with van der Waals surface area (Å²) >= 11 is 0. The molecule has 0 N–H and O–H groups in total. The molecule has 0 unspecified atom stereocenters. The molecule has 1 saturated heterocycles. The van der Waals surface area contributed by atoms with E-state index in [0.29, 0.717) is 13.0 Å². The molecule has 0 radical (unpaired) electrons. The Labute approximate surface area is 168 Å². The first-order valence-corrected chi connectivity index (χ1v) is 10.1. The fourth-order valence-corrected chi connectivity index (χ4v) is 3.99. The van der Waals surface area contributed by atoms with Crippen molar-refractivity contribution in [2.75, 3.05) is 19.7 Å². The van der Waals surface area contributed by atoms with Gasteiger partial charge in [-0.15, -0.1) is 0 Å². The van der Waals surface area contributed by atoms with Gasteiger partial charge in [-0.05, 0) is 45.2 Å².